The molecule has 1 rings (SSSR count). The van der Waals surface area contributed by atoms with Crippen LogP contribution in [0.15, 0.2) is 0 Å². The lowest BCUT2D eigenvalue weighted by Crippen LogP contribution is -2.67. The zero-order valence-corrected chi connectivity index (χ0v) is 10.3. The number of amides is 2. The first-order valence-corrected chi connectivity index (χ1v) is 5.52. The lowest BCUT2D eigenvalue weighted by atomic mass is 9.83. The highest BCUT2D eigenvalue weighted by Crippen LogP contribution is 2.29. The van der Waals surface area contributed by atoms with Crippen LogP contribution in [0.25, 0.3) is 0 Å². The Hall–Kier alpha value is -0.770. The van der Waals surface area contributed by atoms with E-state index < -0.39 is 5.60 Å². The molecule has 1 N–H and O–H groups in total. The molecule has 15 heavy (non-hydrogen) atoms. The van der Waals surface area contributed by atoms with Gasteiger partial charge in [-0.25, -0.2) is 4.79 Å². The number of rotatable bonds is 2. The van der Waals surface area contributed by atoms with Gasteiger partial charge in [-0.3, -0.25) is 0 Å². The molecule has 0 aliphatic carbocycles. The van der Waals surface area contributed by atoms with E-state index in [1.54, 1.807) is 16.8 Å². The molecule has 0 spiro atoms. The molecular weight excluding hydrogens is 192 g/mol. The largest absolute Gasteiger partial charge is 0.386 e. The molecule has 4 heteroatoms. The number of carbonyl (C=O) groups is 1. The van der Waals surface area contributed by atoms with Crippen molar-refractivity contribution in [2.75, 3.05) is 20.1 Å². The third kappa shape index (κ3) is 2.25. The number of aliphatic hydroxyl groups is 1. The molecule has 0 aromatic carbocycles. The van der Waals surface area contributed by atoms with Gasteiger partial charge in [-0.05, 0) is 19.8 Å². The summed E-state index contributed by atoms with van der Waals surface area (Å²) in [5.74, 6) is 0.200. The van der Waals surface area contributed by atoms with Crippen LogP contribution in [0, 0.1) is 5.92 Å². The van der Waals surface area contributed by atoms with Crippen LogP contribution in [0.1, 0.15) is 27.7 Å². The number of carbonyl (C=O) groups excluding carboxylic acids is 1. The van der Waals surface area contributed by atoms with Crippen LogP contribution >= 0.6 is 0 Å². The van der Waals surface area contributed by atoms with Crippen molar-refractivity contribution in [3.8, 4) is 0 Å². The number of hydrogen-bond acceptors (Lipinski definition) is 2. The van der Waals surface area contributed by atoms with Crippen molar-refractivity contribution in [1.29, 1.82) is 0 Å². The van der Waals surface area contributed by atoms with Crippen molar-refractivity contribution < 1.29 is 9.90 Å². The van der Waals surface area contributed by atoms with E-state index in [0.717, 1.165) is 0 Å². The van der Waals surface area contributed by atoms with Crippen molar-refractivity contribution in [3.05, 3.63) is 0 Å². The average Bonchev–Trinajstić information content (AvgIpc) is 2.09. The summed E-state index contributed by atoms with van der Waals surface area (Å²) < 4.78 is 0. The second kappa shape index (κ2) is 4.00. The van der Waals surface area contributed by atoms with E-state index in [4.69, 9.17) is 0 Å². The zero-order chi connectivity index (χ0) is 11.8. The smallest absolute Gasteiger partial charge is 0.320 e. The predicted molar refractivity (Wildman–Crippen MR) is 59.7 cm³/mol. The minimum absolute atomic E-state index is 0.00956. The molecule has 1 aliphatic rings. The van der Waals surface area contributed by atoms with E-state index in [0.29, 0.717) is 13.1 Å². The first kappa shape index (κ1) is 12.3. The molecule has 4 nitrogen and oxygen atoms in total. The number of nitrogens with zero attached hydrogens (tertiary/aromatic N) is 2. The van der Waals surface area contributed by atoms with Gasteiger partial charge in [0.1, 0.15) is 5.60 Å². The van der Waals surface area contributed by atoms with Gasteiger partial charge in [0, 0.05) is 13.1 Å². The molecule has 0 radical (unpaired) electrons. The Morgan fingerprint density at radius 2 is 1.80 bits per heavy atom. The Kier molecular flexibility index (Phi) is 3.28. The van der Waals surface area contributed by atoms with Crippen LogP contribution in [-0.4, -0.2) is 52.7 Å². The van der Waals surface area contributed by atoms with Gasteiger partial charge in [0.2, 0.25) is 0 Å². The fourth-order valence-electron chi connectivity index (χ4n) is 1.56. The summed E-state index contributed by atoms with van der Waals surface area (Å²) in [5.41, 5.74) is -0.673. The molecule has 0 atom stereocenters. The lowest BCUT2D eigenvalue weighted by molar-refractivity contribution is -0.111. The molecule has 0 aromatic heterocycles. The summed E-state index contributed by atoms with van der Waals surface area (Å²) >= 11 is 0. The van der Waals surface area contributed by atoms with Gasteiger partial charge in [-0.15, -0.1) is 0 Å². The van der Waals surface area contributed by atoms with Crippen molar-refractivity contribution in [2.24, 2.45) is 5.92 Å². The summed E-state index contributed by atoms with van der Waals surface area (Å²) in [5, 5.41) is 10.0. The third-order valence-corrected chi connectivity index (χ3v) is 3.35. The van der Waals surface area contributed by atoms with Crippen molar-refractivity contribution in [2.45, 2.75) is 39.3 Å². The van der Waals surface area contributed by atoms with E-state index >= 15 is 0 Å². The van der Waals surface area contributed by atoms with Crippen molar-refractivity contribution in [3.63, 3.8) is 0 Å². The molecule has 1 fully saturated rings. The molecule has 1 heterocycles. The minimum Gasteiger partial charge on any atom is -0.386 e. The van der Waals surface area contributed by atoms with Crippen LogP contribution in [0.2, 0.25) is 0 Å². The number of hydrogen-bond donors (Lipinski definition) is 1. The third-order valence-electron chi connectivity index (χ3n) is 3.35. The SMILES string of the molecule is CC(C)N(C)C(=O)N1CC(O)(C(C)C)C1. The van der Waals surface area contributed by atoms with Crippen LogP contribution in [0.3, 0.4) is 0 Å². The maximum Gasteiger partial charge on any atom is 0.320 e. The predicted octanol–water partition coefficient (Wildman–Crippen LogP) is 1.15. The summed E-state index contributed by atoms with van der Waals surface area (Å²) in [6.07, 6.45) is 0. The quantitative estimate of drug-likeness (QED) is 0.749. The van der Waals surface area contributed by atoms with Gasteiger partial charge in [0.25, 0.3) is 0 Å². The molecule has 2 amide bonds. The van der Waals surface area contributed by atoms with E-state index in [1.807, 2.05) is 27.7 Å². The molecule has 88 valence electrons. The van der Waals surface area contributed by atoms with Gasteiger partial charge >= 0.3 is 6.03 Å². The monoisotopic (exact) mass is 214 g/mol. The maximum atomic E-state index is 11.8. The summed E-state index contributed by atoms with van der Waals surface area (Å²) in [4.78, 5) is 15.2. The Morgan fingerprint density at radius 1 is 1.33 bits per heavy atom. The van der Waals surface area contributed by atoms with Gasteiger partial charge < -0.3 is 14.9 Å². The molecule has 0 saturated carbocycles. The fraction of sp³-hybridized carbons (Fsp3) is 0.909. The van der Waals surface area contributed by atoms with Crippen LogP contribution in [0.5, 0.6) is 0 Å². The number of urea groups is 1. The molecule has 1 saturated heterocycles. The standard InChI is InChI=1S/C11H22N2O2/c1-8(2)11(15)6-13(7-11)10(14)12(5)9(3)4/h8-9,15H,6-7H2,1-5H3. The Labute approximate surface area is 91.9 Å². The lowest BCUT2D eigenvalue weighted by Gasteiger charge is -2.50. The van der Waals surface area contributed by atoms with Crippen LogP contribution in [-0.2, 0) is 0 Å². The molecule has 1 aliphatic heterocycles. The molecule has 0 unspecified atom stereocenters. The normalized spacial score (nSPS) is 19.3. The van der Waals surface area contributed by atoms with Crippen LogP contribution in [0.4, 0.5) is 4.79 Å². The Balaban J connectivity index is 2.49. The van der Waals surface area contributed by atoms with Gasteiger partial charge in [0.05, 0.1) is 13.1 Å². The first-order chi connectivity index (χ1) is 6.78. The highest BCUT2D eigenvalue weighted by molar-refractivity contribution is 5.75. The van der Waals surface area contributed by atoms with Crippen molar-refractivity contribution in [1.82, 2.24) is 9.80 Å². The fourth-order valence-corrected chi connectivity index (χ4v) is 1.56. The Bertz CT molecular complexity index is 245. The summed E-state index contributed by atoms with van der Waals surface area (Å²) in [7, 11) is 1.79. The van der Waals surface area contributed by atoms with E-state index in [-0.39, 0.29) is 18.0 Å². The summed E-state index contributed by atoms with van der Waals surface area (Å²) in [6.45, 7) is 8.84. The van der Waals surface area contributed by atoms with E-state index in [2.05, 4.69) is 0 Å². The zero-order valence-electron chi connectivity index (χ0n) is 10.3. The van der Waals surface area contributed by atoms with Crippen molar-refractivity contribution >= 4 is 6.03 Å². The molecule has 0 bridgehead atoms. The summed E-state index contributed by atoms with van der Waals surface area (Å²) in [6, 6.07) is 0.209. The van der Waals surface area contributed by atoms with Gasteiger partial charge in [-0.1, -0.05) is 13.8 Å². The molecule has 0 aromatic rings. The van der Waals surface area contributed by atoms with Gasteiger partial charge in [-0.2, -0.15) is 0 Å². The second-order valence-electron chi connectivity index (χ2n) is 5.10. The van der Waals surface area contributed by atoms with Gasteiger partial charge in [0.15, 0.2) is 0 Å². The number of likely N-dealkylation sites (tertiary alicyclic amines) is 1. The highest BCUT2D eigenvalue weighted by atomic mass is 16.3. The topological polar surface area (TPSA) is 43.8 Å². The van der Waals surface area contributed by atoms with Crippen LogP contribution < -0.4 is 0 Å². The van der Waals surface area contributed by atoms with E-state index in [1.165, 1.54) is 0 Å². The second-order valence-corrected chi connectivity index (χ2v) is 5.10. The van der Waals surface area contributed by atoms with E-state index in [9.17, 15) is 9.90 Å². The average molecular weight is 214 g/mol. The Morgan fingerprint density at radius 3 is 2.13 bits per heavy atom. The number of β-amino-alcohol motifs (C(OH)–C–C–N with tert-alkyl or cyclic N) is 1. The first-order valence-electron chi connectivity index (χ1n) is 5.52. The minimum atomic E-state index is -0.673. The maximum absolute atomic E-state index is 11.8. The highest BCUT2D eigenvalue weighted by Gasteiger charge is 2.46. The molecular formula is C11H22N2O2.